The zero-order valence-corrected chi connectivity index (χ0v) is 17.0. The molecule has 1 aromatic carbocycles. The number of likely N-dealkylation sites (tertiary alicyclic amines) is 1. The van der Waals surface area contributed by atoms with Gasteiger partial charge in [-0.05, 0) is 54.9 Å². The summed E-state index contributed by atoms with van der Waals surface area (Å²) < 4.78 is 5.15. The zero-order valence-electron chi connectivity index (χ0n) is 16.2. The fraction of sp³-hybridized carbons (Fsp3) is 0.476. The van der Waals surface area contributed by atoms with Crippen molar-refractivity contribution in [2.45, 2.75) is 19.9 Å². The second-order valence-electron chi connectivity index (χ2n) is 7.08. The van der Waals surface area contributed by atoms with E-state index < -0.39 is 0 Å². The third kappa shape index (κ3) is 5.54. The van der Waals surface area contributed by atoms with Crippen molar-refractivity contribution in [3.63, 3.8) is 0 Å². The molecule has 1 aliphatic rings. The Bertz CT molecular complexity index is 747. The first kappa shape index (κ1) is 19.9. The second kappa shape index (κ2) is 9.88. The van der Waals surface area contributed by atoms with Crippen molar-refractivity contribution in [3.05, 3.63) is 51.7 Å². The smallest absolute Gasteiger partial charge is 0.253 e. The maximum Gasteiger partial charge on any atom is 0.253 e. The molecule has 27 heavy (non-hydrogen) atoms. The number of hydrogen-bond acceptors (Lipinski definition) is 5. The molecule has 1 fully saturated rings. The predicted octanol–water partition coefficient (Wildman–Crippen LogP) is 3.37. The number of anilines is 1. The Hall–Kier alpha value is -1.89. The third-order valence-electron chi connectivity index (χ3n) is 5.11. The summed E-state index contributed by atoms with van der Waals surface area (Å²) in [6, 6.07) is 9.86. The van der Waals surface area contributed by atoms with E-state index in [4.69, 9.17) is 4.74 Å². The van der Waals surface area contributed by atoms with Crippen molar-refractivity contribution in [1.29, 1.82) is 0 Å². The summed E-state index contributed by atoms with van der Waals surface area (Å²) >= 11 is 1.74. The molecule has 1 amide bonds. The molecule has 1 saturated heterocycles. The average Bonchev–Trinajstić information content (AvgIpc) is 3.31. The molecule has 1 atom stereocenters. The summed E-state index contributed by atoms with van der Waals surface area (Å²) in [7, 11) is 1.74. The van der Waals surface area contributed by atoms with E-state index in [1.54, 1.807) is 18.4 Å². The van der Waals surface area contributed by atoms with Gasteiger partial charge in [0.25, 0.3) is 5.91 Å². The Morgan fingerprint density at radius 2 is 2.19 bits per heavy atom. The summed E-state index contributed by atoms with van der Waals surface area (Å²) in [6.45, 7) is 7.43. The molecule has 0 bridgehead atoms. The van der Waals surface area contributed by atoms with Crippen LogP contribution in [0.25, 0.3) is 0 Å². The van der Waals surface area contributed by atoms with E-state index in [2.05, 4.69) is 33.9 Å². The molecule has 1 unspecified atom stereocenters. The van der Waals surface area contributed by atoms with Crippen LogP contribution in [0.4, 0.5) is 5.69 Å². The van der Waals surface area contributed by atoms with E-state index in [1.165, 1.54) is 10.4 Å². The number of para-hydroxylation sites is 1. The van der Waals surface area contributed by atoms with E-state index in [0.29, 0.717) is 11.5 Å². The van der Waals surface area contributed by atoms with E-state index in [9.17, 15) is 4.79 Å². The molecular formula is C21H29N3O2S. The fourth-order valence-electron chi connectivity index (χ4n) is 3.43. The van der Waals surface area contributed by atoms with Gasteiger partial charge in [0.15, 0.2) is 0 Å². The number of carbonyl (C=O) groups excluding carboxylic acids is 1. The first-order valence-electron chi connectivity index (χ1n) is 9.52. The van der Waals surface area contributed by atoms with Gasteiger partial charge in [-0.1, -0.05) is 12.1 Å². The predicted molar refractivity (Wildman–Crippen MR) is 112 cm³/mol. The number of carbonyl (C=O) groups is 1. The number of nitrogens with one attached hydrogen (secondary N) is 2. The lowest BCUT2D eigenvalue weighted by atomic mass is 10.1. The van der Waals surface area contributed by atoms with Crippen molar-refractivity contribution in [2.24, 2.45) is 5.92 Å². The first-order valence-corrected chi connectivity index (χ1v) is 10.4. The summed E-state index contributed by atoms with van der Waals surface area (Å²) in [5, 5.41) is 8.65. The van der Waals surface area contributed by atoms with Gasteiger partial charge >= 0.3 is 0 Å². The molecule has 146 valence electrons. The van der Waals surface area contributed by atoms with Crippen LogP contribution in [0, 0.1) is 12.8 Å². The lowest BCUT2D eigenvalue weighted by molar-refractivity contribution is 0.0947. The number of amides is 1. The number of rotatable bonds is 9. The highest BCUT2D eigenvalue weighted by atomic mass is 32.1. The number of benzene rings is 1. The van der Waals surface area contributed by atoms with Crippen LogP contribution in [0.1, 0.15) is 27.2 Å². The molecule has 0 spiro atoms. The summed E-state index contributed by atoms with van der Waals surface area (Å²) in [4.78, 5) is 16.4. The Labute approximate surface area is 165 Å². The quantitative estimate of drug-likeness (QED) is 0.693. The lowest BCUT2D eigenvalue weighted by Gasteiger charge is -2.16. The molecule has 2 N–H and O–H groups in total. The zero-order chi connectivity index (χ0) is 19.1. The molecule has 0 saturated carbocycles. The van der Waals surface area contributed by atoms with Gasteiger partial charge in [-0.2, -0.15) is 0 Å². The van der Waals surface area contributed by atoms with Gasteiger partial charge in [-0.15, -0.1) is 11.3 Å². The number of aryl methyl sites for hydroxylation is 1. The Morgan fingerprint density at radius 1 is 1.33 bits per heavy atom. The largest absolute Gasteiger partial charge is 0.383 e. The average molecular weight is 388 g/mol. The van der Waals surface area contributed by atoms with Gasteiger partial charge < -0.3 is 20.3 Å². The van der Waals surface area contributed by atoms with Crippen LogP contribution >= 0.6 is 11.3 Å². The van der Waals surface area contributed by atoms with Gasteiger partial charge in [0.2, 0.25) is 0 Å². The maximum absolute atomic E-state index is 12.7. The highest BCUT2D eigenvalue weighted by Crippen LogP contribution is 2.21. The normalized spacial score (nSPS) is 17.2. The van der Waals surface area contributed by atoms with E-state index in [0.717, 1.165) is 51.4 Å². The lowest BCUT2D eigenvalue weighted by Crippen LogP contribution is -2.32. The molecule has 5 nitrogen and oxygen atoms in total. The first-order chi connectivity index (χ1) is 13.2. The highest BCUT2D eigenvalue weighted by Gasteiger charge is 2.23. The topological polar surface area (TPSA) is 53.6 Å². The summed E-state index contributed by atoms with van der Waals surface area (Å²) in [5.74, 6) is 0.510. The SMILES string of the molecule is COCCN1CCC(CNC(=O)c2ccccc2NCc2sccc2C)C1. The van der Waals surface area contributed by atoms with E-state index in [-0.39, 0.29) is 5.91 Å². The highest BCUT2D eigenvalue weighted by molar-refractivity contribution is 7.10. The number of ether oxygens (including phenoxy) is 1. The monoisotopic (exact) mass is 387 g/mol. The van der Waals surface area contributed by atoms with E-state index in [1.807, 2.05) is 24.3 Å². The molecular weight excluding hydrogens is 358 g/mol. The van der Waals surface area contributed by atoms with Crippen LogP contribution in [-0.4, -0.2) is 50.7 Å². The molecule has 1 aliphatic heterocycles. The minimum absolute atomic E-state index is 0.00339. The van der Waals surface area contributed by atoms with Crippen molar-refractivity contribution in [2.75, 3.05) is 45.2 Å². The number of methoxy groups -OCH3 is 1. The van der Waals surface area contributed by atoms with Gasteiger partial charge in [0, 0.05) is 43.9 Å². The van der Waals surface area contributed by atoms with Crippen LogP contribution in [-0.2, 0) is 11.3 Å². The van der Waals surface area contributed by atoms with Crippen molar-refractivity contribution >= 4 is 22.9 Å². The van der Waals surface area contributed by atoms with Crippen molar-refractivity contribution < 1.29 is 9.53 Å². The van der Waals surface area contributed by atoms with E-state index >= 15 is 0 Å². The van der Waals surface area contributed by atoms with Crippen LogP contribution in [0.15, 0.2) is 35.7 Å². The van der Waals surface area contributed by atoms with Crippen LogP contribution in [0.5, 0.6) is 0 Å². The molecule has 2 aromatic rings. The third-order valence-corrected chi connectivity index (χ3v) is 6.14. The maximum atomic E-state index is 12.7. The van der Waals surface area contributed by atoms with Gasteiger partial charge in [-0.25, -0.2) is 0 Å². The number of nitrogens with zero attached hydrogens (tertiary/aromatic N) is 1. The number of hydrogen-bond donors (Lipinski definition) is 2. The van der Waals surface area contributed by atoms with Crippen molar-refractivity contribution in [3.8, 4) is 0 Å². The minimum Gasteiger partial charge on any atom is -0.383 e. The van der Waals surface area contributed by atoms with Crippen LogP contribution in [0.3, 0.4) is 0 Å². The van der Waals surface area contributed by atoms with Crippen molar-refractivity contribution in [1.82, 2.24) is 10.2 Å². The summed E-state index contributed by atoms with van der Waals surface area (Å²) in [6.07, 6.45) is 1.13. The molecule has 0 aliphatic carbocycles. The molecule has 3 rings (SSSR count). The van der Waals surface area contributed by atoms with Gasteiger partial charge in [0.05, 0.1) is 12.2 Å². The van der Waals surface area contributed by atoms with Gasteiger partial charge in [-0.3, -0.25) is 4.79 Å². The standard InChI is InChI=1S/C21H29N3O2S/c1-16-8-12-27-20(16)14-22-19-6-4-3-5-18(19)21(25)23-13-17-7-9-24(15-17)10-11-26-2/h3-6,8,12,17,22H,7,9-11,13-15H2,1-2H3,(H,23,25). The molecule has 2 heterocycles. The van der Waals surface area contributed by atoms with Crippen LogP contribution in [0.2, 0.25) is 0 Å². The van der Waals surface area contributed by atoms with Gasteiger partial charge in [0.1, 0.15) is 0 Å². The molecule has 0 radical (unpaired) electrons. The Morgan fingerprint density at radius 3 is 2.96 bits per heavy atom. The number of thiophene rings is 1. The minimum atomic E-state index is -0.00339. The fourth-order valence-corrected chi connectivity index (χ4v) is 4.28. The molecule has 1 aromatic heterocycles. The molecule has 6 heteroatoms. The second-order valence-corrected chi connectivity index (χ2v) is 8.08. The van der Waals surface area contributed by atoms with Crippen LogP contribution < -0.4 is 10.6 Å². The summed E-state index contributed by atoms with van der Waals surface area (Å²) in [5.41, 5.74) is 2.88. The Balaban J connectivity index is 1.52. The Kier molecular flexibility index (Phi) is 7.26.